The number of hydrogen-bond donors (Lipinski definition) is 1. The average Bonchev–Trinajstić information content (AvgIpc) is 3.18. The summed E-state index contributed by atoms with van der Waals surface area (Å²) in [5.74, 6) is -0.134. The second kappa shape index (κ2) is 12.0. The molecule has 0 aliphatic heterocycles. The molecular weight excluding hydrogens is 322 g/mol. The van der Waals surface area contributed by atoms with E-state index in [0.29, 0.717) is 5.92 Å². The molecule has 2 saturated carbocycles. The quantitative estimate of drug-likeness (QED) is 0.625. The van der Waals surface area contributed by atoms with Gasteiger partial charge in [0.15, 0.2) is 0 Å². The van der Waals surface area contributed by atoms with Crippen LogP contribution in [0.3, 0.4) is 0 Å². The van der Waals surface area contributed by atoms with Crippen molar-refractivity contribution in [3.63, 3.8) is 0 Å². The van der Waals surface area contributed by atoms with Gasteiger partial charge in [-0.1, -0.05) is 13.8 Å². The minimum Gasteiger partial charge on any atom is -0.467 e. The third-order valence-electron chi connectivity index (χ3n) is 2.89. The number of hydrogen-bond acceptors (Lipinski definition) is 3. The maximum absolute atomic E-state index is 11.7. The molecule has 118 valence electrons. The summed E-state index contributed by atoms with van der Waals surface area (Å²) in [6.45, 7) is 3.71. The van der Waals surface area contributed by atoms with Crippen LogP contribution in [0.15, 0.2) is 0 Å². The first-order chi connectivity index (χ1) is 10.1. The third-order valence-corrected chi connectivity index (χ3v) is 2.89. The minimum absolute atomic E-state index is 0. The standard InChI is InChI=1S/C12H16NO3.C5H5.Fe/c1-8(2)10(12(15)16-3)13-11(14)9-6-4-5-7-9;1-2-4-5-3-1;/h4-8,10H,1-3H3,(H,13,14);1-5H;/q;;+2/t10-;;/m0../s1. The summed E-state index contributed by atoms with van der Waals surface area (Å²) in [5.41, 5.74) is 0. The molecule has 0 saturated heterocycles. The van der Waals surface area contributed by atoms with E-state index in [2.05, 4.69) is 10.1 Å². The maximum Gasteiger partial charge on any atom is 2.00 e. The molecule has 5 heteroatoms. The Balaban J connectivity index is 0.000000622. The second-order valence-corrected chi connectivity index (χ2v) is 4.85. The monoisotopic (exact) mass is 343 g/mol. The van der Waals surface area contributed by atoms with Crippen molar-refractivity contribution >= 4 is 11.9 Å². The van der Waals surface area contributed by atoms with Crippen molar-refractivity contribution in [1.29, 1.82) is 0 Å². The summed E-state index contributed by atoms with van der Waals surface area (Å²) in [6, 6.07) is -0.604. The first kappa shape index (κ1) is 21.5. The summed E-state index contributed by atoms with van der Waals surface area (Å²) in [7, 11) is 1.31. The van der Waals surface area contributed by atoms with Crippen LogP contribution in [-0.2, 0) is 31.4 Å². The molecule has 2 rings (SSSR count). The van der Waals surface area contributed by atoms with Crippen LogP contribution >= 0.6 is 0 Å². The van der Waals surface area contributed by atoms with E-state index in [0.717, 1.165) is 0 Å². The first-order valence-corrected chi connectivity index (χ1v) is 6.83. The summed E-state index contributed by atoms with van der Waals surface area (Å²) in [6.07, 6.45) is 16.9. The number of amides is 1. The van der Waals surface area contributed by atoms with Crippen molar-refractivity contribution < 1.29 is 31.4 Å². The van der Waals surface area contributed by atoms with Crippen molar-refractivity contribution in [2.45, 2.75) is 19.9 Å². The SMILES string of the molecule is COC(=O)[C@@H](NC(=O)[C]1[CH][CH][CH][CH]1)C(C)C.[CH]1[CH][CH][CH][CH]1.[Fe+2]. The molecule has 0 aromatic carbocycles. The summed E-state index contributed by atoms with van der Waals surface area (Å²) in [4.78, 5) is 23.1. The van der Waals surface area contributed by atoms with Crippen LogP contribution < -0.4 is 5.32 Å². The van der Waals surface area contributed by atoms with Crippen molar-refractivity contribution in [3.8, 4) is 0 Å². The molecule has 0 bridgehead atoms. The fourth-order valence-electron chi connectivity index (χ4n) is 1.70. The average molecular weight is 343 g/mol. The number of rotatable bonds is 4. The van der Waals surface area contributed by atoms with Crippen LogP contribution in [0.4, 0.5) is 0 Å². The van der Waals surface area contributed by atoms with Gasteiger partial charge in [0.1, 0.15) is 6.04 Å². The van der Waals surface area contributed by atoms with Gasteiger partial charge in [0.05, 0.1) is 13.0 Å². The number of nitrogens with one attached hydrogen (secondary N) is 1. The summed E-state index contributed by atoms with van der Waals surface area (Å²) < 4.78 is 4.64. The van der Waals surface area contributed by atoms with Crippen LogP contribution in [0, 0.1) is 69.6 Å². The molecule has 2 fully saturated rings. The van der Waals surface area contributed by atoms with Gasteiger partial charge in [-0.15, -0.1) is 0 Å². The van der Waals surface area contributed by atoms with Gasteiger partial charge in [-0.05, 0) is 63.7 Å². The van der Waals surface area contributed by atoms with E-state index >= 15 is 0 Å². The zero-order chi connectivity index (χ0) is 15.7. The van der Waals surface area contributed by atoms with E-state index in [1.807, 2.05) is 46.0 Å². The molecule has 2 aliphatic rings. The first-order valence-electron chi connectivity index (χ1n) is 6.83. The zero-order valence-corrected chi connectivity index (χ0v) is 14.0. The van der Waals surface area contributed by atoms with E-state index in [4.69, 9.17) is 0 Å². The molecule has 10 radical (unpaired) electrons. The van der Waals surface area contributed by atoms with Gasteiger partial charge >= 0.3 is 23.0 Å². The van der Waals surface area contributed by atoms with Crippen molar-refractivity contribution in [3.05, 3.63) is 63.7 Å². The normalized spacial score (nSPS) is 18.9. The molecule has 22 heavy (non-hydrogen) atoms. The fraction of sp³-hybridized carbons (Fsp3) is 0.294. The number of carbonyl (C=O) groups excluding carboxylic acids is 2. The Bertz CT molecular complexity index is 316. The van der Waals surface area contributed by atoms with Gasteiger partial charge in [0, 0.05) is 0 Å². The molecule has 4 nitrogen and oxygen atoms in total. The fourth-order valence-corrected chi connectivity index (χ4v) is 1.70. The Morgan fingerprint density at radius 1 is 0.955 bits per heavy atom. The minimum atomic E-state index is -0.604. The van der Waals surface area contributed by atoms with Gasteiger partial charge in [0.2, 0.25) is 5.91 Å². The number of ether oxygens (including phenoxy) is 1. The topological polar surface area (TPSA) is 55.4 Å². The van der Waals surface area contributed by atoms with Gasteiger partial charge in [-0.25, -0.2) is 4.79 Å². The third kappa shape index (κ3) is 7.64. The number of esters is 1. The molecule has 0 aromatic heterocycles. The van der Waals surface area contributed by atoms with Crippen LogP contribution in [0.5, 0.6) is 0 Å². The predicted molar refractivity (Wildman–Crippen MR) is 80.7 cm³/mol. The molecule has 0 unspecified atom stereocenters. The Morgan fingerprint density at radius 3 is 1.77 bits per heavy atom. The number of carbonyl (C=O) groups is 2. The molecule has 0 aromatic rings. The smallest absolute Gasteiger partial charge is 0.467 e. The molecule has 1 N–H and O–H groups in total. The maximum atomic E-state index is 11.7. The van der Waals surface area contributed by atoms with Crippen LogP contribution in [0.2, 0.25) is 0 Å². The van der Waals surface area contributed by atoms with Gasteiger partial charge < -0.3 is 10.1 Å². The zero-order valence-electron chi connectivity index (χ0n) is 12.9. The van der Waals surface area contributed by atoms with Crippen molar-refractivity contribution in [1.82, 2.24) is 5.32 Å². The molecule has 1 atom stereocenters. The van der Waals surface area contributed by atoms with Crippen LogP contribution in [0.25, 0.3) is 0 Å². The Labute approximate surface area is 145 Å². The predicted octanol–water partition coefficient (Wildman–Crippen LogP) is 1.72. The molecule has 2 aliphatic carbocycles. The van der Waals surface area contributed by atoms with Crippen molar-refractivity contribution in [2.75, 3.05) is 7.11 Å². The molecule has 0 heterocycles. The van der Waals surface area contributed by atoms with E-state index < -0.39 is 12.0 Å². The Morgan fingerprint density at radius 2 is 1.41 bits per heavy atom. The summed E-state index contributed by atoms with van der Waals surface area (Å²) >= 11 is 0. The van der Waals surface area contributed by atoms with Crippen molar-refractivity contribution in [2.24, 2.45) is 5.92 Å². The van der Waals surface area contributed by atoms with Gasteiger partial charge in [0.25, 0.3) is 0 Å². The Kier molecular flexibility index (Phi) is 11.7. The molecule has 1 amide bonds. The largest absolute Gasteiger partial charge is 2.00 e. The van der Waals surface area contributed by atoms with E-state index in [9.17, 15) is 9.59 Å². The molecule has 0 spiro atoms. The van der Waals surface area contributed by atoms with Crippen LogP contribution in [-0.4, -0.2) is 25.0 Å². The Hall–Kier alpha value is -0.541. The van der Waals surface area contributed by atoms with E-state index in [1.54, 1.807) is 25.7 Å². The molecular formula is C17H21FeNO3+2. The second-order valence-electron chi connectivity index (χ2n) is 4.85. The van der Waals surface area contributed by atoms with E-state index in [1.165, 1.54) is 7.11 Å². The van der Waals surface area contributed by atoms with Gasteiger partial charge in [-0.2, -0.15) is 0 Å². The number of methoxy groups -OCH3 is 1. The van der Waals surface area contributed by atoms with Crippen LogP contribution in [0.1, 0.15) is 13.8 Å². The van der Waals surface area contributed by atoms with Gasteiger partial charge in [-0.3, -0.25) is 4.79 Å². The van der Waals surface area contributed by atoms with E-state index in [-0.39, 0.29) is 28.9 Å². The summed E-state index contributed by atoms with van der Waals surface area (Å²) in [5, 5.41) is 2.66.